The molecule has 0 aliphatic carbocycles. The summed E-state index contributed by atoms with van der Waals surface area (Å²) in [6.45, 7) is -0.446. The SMILES string of the molecule is CN(C=O)OCC(O)CO. The van der Waals surface area contributed by atoms with Gasteiger partial charge in [-0.2, -0.15) is 0 Å². The predicted octanol–water partition coefficient (Wildman–Crippen LogP) is -1.64. The highest BCUT2D eigenvalue weighted by molar-refractivity contribution is 5.44. The molecule has 0 aromatic heterocycles. The fourth-order valence-corrected chi connectivity index (χ4v) is 0.287. The zero-order chi connectivity index (χ0) is 7.98. The van der Waals surface area contributed by atoms with Gasteiger partial charge in [-0.15, -0.1) is 0 Å². The second-order valence-electron chi connectivity index (χ2n) is 1.78. The minimum Gasteiger partial charge on any atom is -0.394 e. The van der Waals surface area contributed by atoms with Crippen molar-refractivity contribution in [1.29, 1.82) is 0 Å². The number of carbonyl (C=O) groups is 1. The highest BCUT2D eigenvalue weighted by Gasteiger charge is 2.02. The number of hydrogen-bond acceptors (Lipinski definition) is 4. The average molecular weight is 149 g/mol. The van der Waals surface area contributed by atoms with Gasteiger partial charge in [-0.3, -0.25) is 9.63 Å². The first-order valence-corrected chi connectivity index (χ1v) is 2.80. The van der Waals surface area contributed by atoms with Crippen LogP contribution in [0.5, 0.6) is 0 Å². The lowest BCUT2D eigenvalue weighted by Gasteiger charge is -2.12. The third kappa shape index (κ3) is 4.25. The number of hydrogen-bond donors (Lipinski definition) is 2. The lowest BCUT2D eigenvalue weighted by atomic mass is 10.4. The van der Waals surface area contributed by atoms with E-state index in [1.807, 2.05) is 0 Å². The van der Waals surface area contributed by atoms with Gasteiger partial charge in [0.2, 0.25) is 6.41 Å². The second kappa shape index (κ2) is 5.16. The molecule has 0 bridgehead atoms. The Balaban J connectivity index is 3.25. The molecule has 60 valence electrons. The first-order chi connectivity index (χ1) is 4.70. The van der Waals surface area contributed by atoms with E-state index in [0.29, 0.717) is 6.41 Å². The van der Waals surface area contributed by atoms with Crippen LogP contribution < -0.4 is 0 Å². The van der Waals surface area contributed by atoms with Gasteiger partial charge >= 0.3 is 0 Å². The van der Waals surface area contributed by atoms with Gasteiger partial charge in [0, 0.05) is 7.05 Å². The van der Waals surface area contributed by atoms with E-state index in [4.69, 9.17) is 10.2 Å². The van der Waals surface area contributed by atoms with E-state index in [9.17, 15) is 4.79 Å². The van der Waals surface area contributed by atoms with Crippen LogP contribution in [0, 0.1) is 0 Å². The number of nitrogens with zero attached hydrogens (tertiary/aromatic N) is 1. The van der Waals surface area contributed by atoms with Crippen LogP contribution in [0.4, 0.5) is 0 Å². The van der Waals surface area contributed by atoms with Crippen LogP contribution in [-0.4, -0.2) is 48.1 Å². The molecule has 1 amide bonds. The summed E-state index contributed by atoms with van der Waals surface area (Å²) in [6, 6.07) is 0. The molecular weight excluding hydrogens is 138 g/mol. The van der Waals surface area contributed by atoms with Crippen molar-refractivity contribution in [3.8, 4) is 0 Å². The number of rotatable bonds is 5. The number of carbonyl (C=O) groups excluding carboxylic acids is 1. The smallest absolute Gasteiger partial charge is 0.233 e. The molecule has 0 spiro atoms. The predicted molar refractivity (Wildman–Crippen MR) is 32.9 cm³/mol. The second-order valence-corrected chi connectivity index (χ2v) is 1.78. The maximum Gasteiger partial charge on any atom is 0.233 e. The van der Waals surface area contributed by atoms with Gasteiger partial charge in [-0.1, -0.05) is 0 Å². The molecule has 5 nitrogen and oxygen atoms in total. The van der Waals surface area contributed by atoms with Crippen LogP contribution in [0.25, 0.3) is 0 Å². The summed E-state index contributed by atoms with van der Waals surface area (Å²) in [5, 5.41) is 17.9. The molecule has 0 aliphatic heterocycles. The zero-order valence-electron chi connectivity index (χ0n) is 5.73. The molecule has 0 aromatic carbocycles. The largest absolute Gasteiger partial charge is 0.394 e. The summed E-state index contributed by atoms with van der Waals surface area (Å²) in [7, 11) is 1.40. The Labute approximate surface area is 58.8 Å². The molecular formula is C5H11NO4. The molecule has 5 heteroatoms. The van der Waals surface area contributed by atoms with Crippen molar-refractivity contribution >= 4 is 6.41 Å². The molecule has 0 saturated carbocycles. The summed E-state index contributed by atoms with van der Waals surface area (Å²) in [6.07, 6.45) is -0.466. The van der Waals surface area contributed by atoms with E-state index >= 15 is 0 Å². The Morgan fingerprint density at radius 3 is 2.80 bits per heavy atom. The van der Waals surface area contributed by atoms with Crippen LogP contribution in [0.1, 0.15) is 0 Å². The van der Waals surface area contributed by atoms with Gasteiger partial charge in [-0.25, -0.2) is 5.06 Å². The molecule has 0 radical (unpaired) electrons. The van der Waals surface area contributed by atoms with Crippen molar-refractivity contribution in [2.45, 2.75) is 6.10 Å². The van der Waals surface area contributed by atoms with Gasteiger partial charge < -0.3 is 10.2 Å². The fraction of sp³-hybridized carbons (Fsp3) is 0.800. The molecule has 0 heterocycles. The number of aliphatic hydroxyl groups is 2. The van der Waals surface area contributed by atoms with Crippen molar-refractivity contribution in [3.63, 3.8) is 0 Å². The first-order valence-electron chi connectivity index (χ1n) is 2.80. The van der Waals surface area contributed by atoms with Gasteiger partial charge in [-0.05, 0) is 0 Å². The maximum absolute atomic E-state index is 9.86. The van der Waals surface area contributed by atoms with Crippen LogP contribution >= 0.6 is 0 Å². The lowest BCUT2D eigenvalue weighted by molar-refractivity contribution is -0.174. The standard InChI is InChI=1S/C5H11NO4/c1-6(4-8)10-3-5(9)2-7/h4-5,7,9H,2-3H2,1H3. The highest BCUT2D eigenvalue weighted by atomic mass is 16.7. The normalized spacial score (nSPS) is 12.7. The van der Waals surface area contributed by atoms with Crippen LogP contribution in [0.2, 0.25) is 0 Å². The quantitative estimate of drug-likeness (QED) is 0.363. The van der Waals surface area contributed by atoms with Crippen LogP contribution in [0.3, 0.4) is 0 Å². The van der Waals surface area contributed by atoms with Crippen molar-refractivity contribution < 1.29 is 19.8 Å². The Kier molecular flexibility index (Phi) is 4.82. The van der Waals surface area contributed by atoms with Gasteiger partial charge in [0.05, 0.1) is 6.61 Å². The van der Waals surface area contributed by atoms with E-state index in [2.05, 4.69) is 4.84 Å². The van der Waals surface area contributed by atoms with Crippen molar-refractivity contribution in [2.75, 3.05) is 20.3 Å². The molecule has 2 N–H and O–H groups in total. The summed E-state index contributed by atoms with van der Waals surface area (Å²) in [5.41, 5.74) is 0. The lowest BCUT2D eigenvalue weighted by Crippen LogP contribution is -2.26. The Morgan fingerprint density at radius 2 is 2.40 bits per heavy atom. The summed E-state index contributed by atoms with van der Waals surface area (Å²) in [5.74, 6) is 0. The van der Waals surface area contributed by atoms with E-state index < -0.39 is 6.10 Å². The molecule has 1 atom stereocenters. The molecule has 1 unspecified atom stereocenters. The van der Waals surface area contributed by atoms with Crippen molar-refractivity contribution in [2.24, 2.45) is 0 Å². The molecule has 0 fully saturated rings. The Morgan fingerprint density at radius 1 is 1.80 bits per heavy atom. The first kappa shape index (κ1) is 9.35. The van der Waals surface area contributed by atoms with E-state index in [-0.39, 0.29) is 13.2 Å². The minimum atomic E-state index is -0.928. The Hall–Kier alpha value is -0.650. The number of aliphatic hydroxyl groups excluding tert-OH is 2. The molecule has 0 aromatic rings. The van der Waals surface area contributed by atoms with Gasteiger partial charge in [0.25, 0.3) is 0 Å². The third-order valence-electron chi connectivity index (χ3n) is 0.830. The fourth-order valence-electron chi connectivity index (χ4n) is 0.287. The topological polar surface area (TPSA) is 70.0 Å². The Bertz CT molecular complexity index is 97.6. The number of amides is 1. The molecule has 0 aliphatic rings. The molecule has 0 saturated heterocycles. The summed E-state index contributed by atoms with van der Waals surface area (Å²) < 4.78 is 0. The van der Waals surface area contributed by atoms with Crippen LogP contribution in [0.15, 0.2) is 0 Å². The van der Waals surface area contributed by atoms with Crippen molar-refractivity contribution in [1.82, 2.24) is 5.06 Å². The summed E-state index contributed by atoms with van der Waals surface area (Å²) in [4.78, 5) is 14.5. The van der Waals surface area contributed by atoms with E-state index in [1.165, 1.54) is 7.05 Å². The maximum atomic E-state index is 9.86. The summed E-state index contributed by atoms with van der Waals surface area (Å²) >= 11 is 0. The zero-order valence-corrected chi connectivity index (χ0v) is 5.73. The van der Waals surface area contributed by atoms with E-state index in [1.54, 1.807) is 0 Å². The van der Waals surface area contributed by atoms with Gasteiger partial charge in [0.1, 0.15) is 12.7 Å². The third-order valence-corrected chi connectivity index (χ3v) is 0.830. The molecule has 0 rings (SSSR count). The average Bonchev–Trinajstić information content (AvgIpc) is 1.99. The highest BCUT2D eigenvalue weighted by Crippen LogP contribution is 1.84. The van der Waals surface area contributed by atoms with E-state index in [0.717, 1.165) is 5.06 Å². The minimum absolute atomic E-state index is 0.0776. The molecule has 10 heavy (non-hydrogen) atoms. The van der Waals surface area contributed by atoms with Crippen molar-refractivity contribution in [3.05, 3.63) is 0 Å². The monoisotopic (exact) mass is 149 g/mol. The van der Waals surface area contributed by atoms with Crippen LogP contribution in [-0.2, 0) is 9.63 Å². The number of hydroxylamine groups is 2. The van der Waals surface area contributed by atoms with Gasteiger partial charge in [0.15, 0.2) is 0 Å².